The molecule has 0 spiro atoms. The van der Waals surface area contributed by atoms with Gasteiger partial charge in [-0.1, -0.05) is 48.0 Å². The number of carbonyl (C=O) groups is 2. The molecule has 0 aromatic heterocycles. The van der Waals surface area contributed by atoms with E-state index in [0.717, 1.165) is 19.4 Å². The zero-order chi connectivity index (χ0) is 17.1. The summed E-state index contributed by atoms with van der Waals surface area (Å²) in [5, 5.41) is 10.9. The van der Waals surface area contributed by atoms with Gasteiger partial charge in [-0.05, 0) is 12.8 Å². The highest BCUT2D eigenvalue weighted by molar-refractivity contribution is 5.75. The number of amides is 1. The molecule has 1 unspecified atom stereocenters. The van der Waals surface area contributed by atoms with Gasteiger partial charge in [0.05, 0.1) is 12.5 Å². The summed E-state index contributed by atoms with van der Waals surface area (Å²) < 4.78 is 5.16. The Kier molecular flexibility index (Phi) is 25.1. The molecule has 0 fully saturated rings. The van der Waals surface area contributed by atoms with Crippen LogP contribution in [0.4, 0.5) is 0 Å². The minimum absolute atomic E-state index is 0.0881. The van der Waals surface area contributed by atoms with Crippen LogP contribution < -0.4 is 5.32 Å². The summed E-state index contributed by atoms with van der Waals surface area (Å²) in [6.07, 6.45) is 3.55. The Balaban J connectivity index is -0.000000277. The van der Waals surface area contributed by atoms with Gasteiger partial charge in [-0.25, -0.2) is 0 Å². The Hall–Kier alpha value is -1.10. The molecular formula is C16H35NO4. The van der Waals surface area contributed by atoms with E-state index >= 15 is 0 Å². The predicted octanol–water partition coefficient (Wildman–Crippen LogP) is 3.47. The fourth-order valence-corrected chi connectivity index (χ4v) is 0.809. The van der Waals surface area contributed by atoms with Crippen molar-refractivity contribution in [2.24, 2.45) is 5.92 Å². The van der Waals surface area contributed by atoms with Crippen molar-refractivity contribution < 1.29 is 19.4 Å². The van der Waals surface area contributed by atoms with Gasteiger partial charge in [0.1, 0.15) is 0 Å². The lowest BCUT2D eigenvalue weighted by Crippen LogP contribution is -2.26. The van der Waals surface area contributed by atoms with E-state index in [1.54, 1.807) is 6.92 Å². The van der Waals surface area contributed by atoms with Gasteiger partial charge < -0.3 is 15.2 Å². The molecule has 0 aliphatic carbocycles. The number of carboxylic acids is 1. The fraction of sp³-hybridized carbons (Fsp3) is 0.875. The Labute approximate surface area is 130 Å². The molecule has 0 saturated heterocycles. The smallest absolute Gasteiger partial charge is 0.306 e. The summed E-state index contributed by atoms with van der Waals surface area (Å²) in [6.45, 7) is 13.7. The van der Waals surface area contributed by atoms with Crippen LogP contribution in [0.1, 0.15) is 67.2 Å². The van der Waals surface area contributed by atoms with Crippen LogP contribution in [-0.2, 0) is 14.3 Å². The van der Waals surface area contributed by atoms with E-state index in [2.05, 4.69) is 26.1 Å². The lowest BCUT2D eigenvalue weighted by molar-refractivity contribution is -0.141. The summed E-state index contributed by atoms with van der Waals surface area (Å²) in [5.74, 6) is -0.799. The lowest BCUT2D eigenvalue weighted by atomic mass is 10.1. The summed E-state index contributed by atoms with van der Waals surface area (Å²) in [7, 11) is 0. The van der Waals surface area contributed by atoms with Gasteiger partial charge in [0, 0.05) is 19.6 Å². The molecule has 0 heterocycles. The van der Waals surface area contributed by atoms with E-state index in [1.807, 2.05) is 13.8 Å². The van der Waals surface area contributed by atoms with Gasteiger partial charge >= 0.3 is 5.97 Å². The van der Waals surface area contributed by atoms with Crippen LogP contribution in [0, 0.1) is 5.92 Å². The average molecular weight is 305 g/mol. The highest BCUT2D eigenvalue weighted by Crippen LogP contribution is 1.97. The van der Waals surface area contributed by atoms with Gasteiger partial charge in [0.25, 0.3) is 0 Å². The number of nitrogens with one attached hydrogen (secondary N) is 1. The van der Waals surface area contributed by atoms with E-state index in [9.17, 15) is 9.59 Å². The first-order chi connectivity index (χ1) is 9.90. The number of ether oxygens (including phenoxy) is 1. The molecule has 0 aliphatic heterocycles. The van der Waals surface area contributed by atoms with E-state index in [0.29, 0.717) is 19.6 Å². The van der Waals surface area contributed by atoms with Crippen molar-refractivity contribution in [1.82, 2.24) is 5.32 Å². The molecule has 0 aromatic rings. The largest absolute Gasteiger partial charge is 0.481 e. The quantitative estimate of drug-likeness (QED) is 0.673. The molecule has 21 heavy (non-hydrogen) atoms. The molecule has 0 saturated carbocycles. The Morgan fingerprint density at radius 1 is 1.10 bits per heavy atom. The van der Waals surface area contributed by atoms with Crippen LogP contribution in [-0.4, -0.2) is 36.7 Å². The number of carbonyl (C=O) groups excluding carboxylic acids is 1. The Morgan fingerprint density at radius 3 is 1.90 bits per heavy atom. The first-order valence-corrected chi connectivity index (χ1v) is 7.98. The maximum atomic E-state index is 10.7. The minimum Gasteiger partial charge on any atom is -0.481 e. The van der Waals surface area contributed by atoms with Crippen LogP contribution in [0.3, 0.4) is 0 Å². The molecule has 128 valence electrons. The van der Waals surface area contributed by atoms with Crippen LogP contribution in [0.5, 0.6) is 0 Å². The van der Waals surface area contributed by atoms with Crippen molar-refractivity contribution in [1.29, 1.82) is 0 Å². The third-order valence-corrected chi connectivity index (χ3v) is 2.27. The molecule has 2 N–H and O–H groups in total. The van der Waals surface area contributed by atoms with Gasteiger partial charge in [-0.3, -0.25) is 9.59 Å². The van der Waals surface area contributed by atoms with E-state index in [-0.39, 0.29) is 11.8 Å². The number of rotatable bonds is 8. The van der Waals surface area contributed by atoms with Crippen LogP contribution in [0.2, 0.25) is 0 Å². The van der Waals surface area contributed by atoms with Gasteiger partial charge in [0.15, 0.2) is 0 Å². The molecule has 0 aromatic carbocycles. The maximum Gasteiger partial charge on any atom is 0.306 e. The first kappa shape index (κ1) is 24.9. The van der Waals surface area contributed by atoms with E-state index in [1.165, 1.54) is 6.42 Å². The van der Waals surface area contributed by atoms with Crippen molar-refractivity contribution in [3.63, 3.8) is 0 Å². The predicted molar refractivity (Wildman–Crippen MR) is 87.5 cm³/mol. The van der Waals surface area contributed by atoms with Crippen molar-refractivity contribution in [2.45, 2.75) is 67.2 Å². The second kappa shape index (κ2) is 21.2. The van der Waals surface area contributed by atoms with Crippen molar-refractivity contribution in [3.8, 4) is 0 Å². The normalized spacial score (nSPS) is 10.4. The summed E-state index contributed by atoms with van der Waals surface area (Å²) >= 11 is 0. The number of carboxylic acid groups (broad SMARTS) is 1. The lowest BCUT2D eigenvalue weighted by Gasteiger charge is -2.03. The second-order valence-electron chi connectivity index (χ2n) is 4.67. The molecule has 0 aliphatic rings. The van der Waals surface area contributed by atoms with Crippen molar-refractivity contribution in [3.05, 3.63) is 0 Å². The highest BCUT2D eigenvalue weighted by atomic mass is 16.5. The third kappa shape index (κ3) is 27.9. The molecule has 5 nitrogen and oxygen atoms in total. The van der Waals surface area contributed by atoms with Crippen molar-refractivity contribution >= 4 is 11.9 Å². The molecule has 0 radical (unpaired) electrons. The molecule has 5 heteroatoms. The van der Waals surface area contributed by atoms with Gasteiger partial charge in [-0.2, -0.15) is 0 Å². The SMILES string of the molecule is CCC.CCC(C)C(=O)O.CCCOCCNC(=O)CC. The fourth-order valence-electron chi connectivity index (χ4n) is 0.809. The third-order valence-electron chi connectivity index (χ3n) is 2.27. The van der Waals surface area contributed by atoms with E-state index in [4.69, 9.17) is 9.84 Å². The van der Waals surface area contributed by atoms with Gasteiger partial charge in [-0.15, -0.1) is 0 Å². The summed E-state index contributed by atoms with van der Waals surface area (Å²) in [5.41, 5.74) is 0. The summed E-state index contributed by atoms with van der Waals surface area (Å²) in [6, 6.07) is 0. The number of hydrogen-bond donors (Lipinski definition) is 2. The molecule has 1 amide bonds. The molecule has 0 rings (SSSR count). The Morgan fingerprint density at radius 2 is 1.62 bits per heavy atom. The standard InChI is InChI=1S/C8H17NO2.C5H10O2.C3H8/c1-3-6-11-7-5-9-8(10)4-2;1-3-4(2)5(6)7;1-3-2/h3-7H2,1-2H3,(H,9,10);4H,3H2,1-2H3,(H,6,7);3H2,1-2H3. The molecule has 0 bridgehead atoms. The average Bonchev–Trinajstić information content (AvgIpc) is 2.47. The van der Waals surface area contributed by atoms with E-state index < -0.39 is 5.97 Å². The molecular weight excluding hydrogens is 270 g/mol. The zero-order valence-electron chi connectivity index (χ0n) is 14.7. The number of aliphatic carboxylic acids is 1. The molecule has 1 atom stereocenters. The van der Waals surface area contributed by atoms with Crippen LogP contribution in [0.25, 0.3) is 0 Å². The monoisotopic (exact) mass is 305 g/mol. The number of hydrogen-bond acceptors (Lipinski definition) is 3. The highest BCUT2D eigenvalue weighted by Gasteiger charge is 2.05. The maximum absolute atomic E-state index is 10.7. The van der Waals surface area contributed by atoms with Crippen molar-refractivity contribution in [2.75, 3.05) is 19.8 Å². The Bertz CT molecular complexity index is 232. The minimum atomic E-state index is -0.706. The summed E-state index contributed by atoms with van der Waals surface area (Å²) in [4.78, 5) is 20.6. The van der Waals surface area contributed by atoms with Crippen LogP contribution in [0.15, 0.2) is 0 Å². The van der Waals surface area contributed by atoms with Gasteiger partial charge in [0.2, 0.25) is 5.91 Å². The van der Waals surface area contributed by atoms with Crippen LogP contribution >= 0.6 is 0 Å². The first-order valence-electron chi connectivity index (χ1n) is 7.98. The topological polar surface area (TPSA) is 75.6 Å². The second-order valence-corrected chi connectivity index (χ2v) is 4.67. The zero-order valence-corrected chi connectivity index (χ0v) is 14.7.